The number of esters is 3. The zero-order chi connectivity index (χ0) is 55.7. The summed E-state index contributed by atoms with van der Waals surface area (Å²) in [5, 5.41) is 0. The van der Waals surface area contributed by atoms with Crippen LogP contribution in [0.5, 0.6) is 0 Å². The summed E-state index contributed by atoms with van der Waals surface area (Å²) < 4.78 is 16.8. The van der Waals surface area contributed by atoms with Crippen molar-refractivity contribution in [2.24, 2.45) is 0 Å². The Bertz CT molecular complexity index is 1650. The van der Waals surface area contributed by atoms with E-state index in [0.29, 0.717) is 12.8 Å². The van der Waals surface area contributed by atoms with Crippen LogP contribution in [0.3, 0.4) is 0 Å². The predicted molar refractivity (Wildman–Crippen MR) is 334 cm³/mol. The van der Waals surface area contributed by atoms with Crippen LogP contribution in [-0.2, 0) is 28.6 Å². The Labute approximate surface area is 475 Å². The van der Waals surface area contributed by atoms with Crippen molar-refractivity contribution in [1.29, 1.82) is 0 Å². The maximum Gasteiger partial charge on any atom is 0.306 e. The van der Waals surface area contributed by atoms with E-state index in [0.717, 1.165) is 135 Å². The molecule has 0 aliphatic rings. The van der Waals surface area contributed by atoms with Gasteiger partial charge in [-0.3, -0.25) is 14.4 Å². The molecule has 6 nitrogen and oxygen atoms in total. The molecule has 0 heterocycles. The standard InChI is InChI=1S/C71H116O6/c1-4-7-10-13-16-19-21-23-25-27-29-30-31-32-33-34-35-36-37-38-39-40-42-43-45-47-49-52-55-58-61-64-70(73)76-67-68(66-75-69(72)63-60-57-54-51-18-15-12-9-6-3)77-71(74)65-62-59-56-53-50-48-46-44-41-28-26-24-22-20-17-14-11-8-5-2/h7-8,10-11,16-17,19-20,23-26,29-30,32-33,35-36,41,44,48,50,68H,4-6,9,12-15,18,21-22,27-28,31,34,37-40,42-43,45-47,49,51-67H2,1-3H3/b10-7-,11-8-,19-16-,20-17-,25-23-,26-24-,30-29-,33-32-,36-35-,44-41-,50-48-. The van der Waals surface area contributed by atoms with Gasteiger partial charge in [0.05, 0.1) is 0 Å². The van der Waals surface area contributed by atoms with Crippen LogP contribution >= 0.6 is 0 Å². The minimum absolute atomic E-state index is 0.0928. The number of carbonyl (C=O) groups excluding carboxylic acids is 3. The van der Waals surface area contributed by atoms with Gasteiger partial charge < -0.3 is 14.2 Å². The smallest absolute Gasteiger partial charge is 0.306 e. The molecular weight excluding hydrogens is 949 g/mol. The summed E-state index contributed by atoms with van der Waals surface area (Å²) in [6, 6.07) is 0. The molecule has 1 atom stereocenters. The monoisotopic (exact) mass is 1060 g/mol. The van der Waals surface area contributed by atoms with Crippen LogP contribution < -0.4 is 0 Å². The van der Waals surface area contributed by atoms with Crippen LogP contribution in [0.15, 0.2) is 134 Å². The number of ether oxygens (including phenoxy) is 3. The van der Waals surface area contributed by atoms with Gasteiger partial charge in [-0.2, -0.15) is 0 Å². The minimum Gasteiger partial charge on any atom is -0.462 e. The van der Waals surface area contributed by atoms with Crippen LogP contribution in [0, 0.1) is 0 Å². The average molecular weight is 1070 g/mol. The van der Waals surface area contributed by atoms with Crippen LogP contribution in [0.1, 0.15) is 278 Å². The first kappa shape index (κ1) is 72.5. The van der Waals surface area contributed by atoms with Gasteiger partial charge in [0, 0.05) is 19.3 Å². The second kappa shape index (κ2) is 64.1. The minimum atomic E-state index is -0.798. The lowest BCUT2D eigenvalue weighted by Gasteiger charge is -2.18. The number of rotatable bonds is 56. The summed E-state index contributed by atoms with van der Waals surface area (Å²) in [5.74, 6) is -0.929. The highest BCUT2D eigenvalue weighted by molar-refractivity contribution is 5.71. The summed E-state index contributed by atoms with van der Waals surface area (Å²) in [5.41, 5.74) is 0. The number of unbranched alkanes of at least 4 members (excludes halogenated alkanes) is 23. The number of carbonyl (C=O) groups is 3. The van der Waals surface area contributed by atoms with E-state index >= 15 is 0 Å². The summed E-state index contributed by atoms with van der Waals surface area (Å²) >= 11 is 0. The third-order valence-corrected chi connectivity index (χ3v) is 13.2. The molecule has 0 saturated carbocycles. The highest BCUT2D eigenvalue weighted by Gasteiger charge is 2.19. The molecule has 436 valence electrons. The second-order valence-corrected chi connectivity index (χ2v) is 20.6. The fourth-order valence-corrected chi connectivity index (χ4v) is 8.47. The maximum absolute atomic E-state index is 12.9. The molecule has 6 heteroatoms. The third-order valence-electron chi connectivity index (χ3n) is 13.2. The molecule has 0 aromatic carbocycles. The first-order valence-electron chi connectivity index (χ1n) is 31.7. The fraction of sp³-hybridized carbons (Fsp3) is 0.648. The van der Waals surface area contributed by atoms with E-state index in [1.165, 1.54) is 103 Å². The van der Waals surface area contributed by atoms with Gasteiger partial charge in [-0.1, -0.05) is 276 Å². The van der Waals surface area contributed by atoms with Gasteiger partial charge >= 0.3 is 17.9 Å². The number of allylic oxidation sites excluding steroid dienone is 22. The predicted octanol–water partition coefficient (Wildman–Crippen LogP) is 21.8. The quantitative estimate of drug-likeness (QED) is 0.0261. The molecule has 0 fully saturated rings. The molecule has 0 aliphatic heterocycles. The molecule has 77 heavy (non-hydrogen) atoms. The van der Waals surface area contributed by atoms with Gasteiger partial charge in [0.1, 0.15) is 13.2 Å². The Morgan fingerprint density at radius 2 is 0.506 bits per heavy atom. The van der Waals surface area contributed by atoms with Crippen LogP contribution in [0.25, 0.3) is 0 Å². The zero-order valence-electron chi connectivity index (χ0n) is 49.9. The van der Waals surface area contributed by atoms with Crippen molar-refractivity contribution < 1.29 is 28.6 Å². The molecule has 0 bridgehead atoms. The van der Waals surface area contributed by atoms with Crippen molar-refractivity contribution >= 4 is 17.9 Å². The van der Waals surface area contributed by atoms with Gasteiger partial charge in [-0.05, 0) is 116 Å². The Morgan fingerprint density at radius 3 is 0.805 bits per heavy atom. The molecular formula is C71H116O6. The summed E-state index contributed by atoms with van der Waals surface area (Å²) in [6.45, 7) is 6.37. The topological polar surface area (TPSA) is 78.9 Å². The molecule has 0 saturated heterocycles. The second-order valence-electron chi connectivity index (χ2n) is 20.6. The molecule has 0 spiro atoms. The fourth-order valence-electron chi connectivity index (χ4n) is 8.47. The van der Waals surface area contributed by atoms with Crippen molar-refractivity contribution in [3.8, 4) is 0 Å². The van der Waals surface area contributed by atoms with Crippen molar-refractivity contribution in [2.45, 2.75) is 284 Å². The summed E-state index contributed by atoms with van der Waals surface area (Å²) in [4.78, 5) is 38.2. The highest BCUT2D eigenvalue weighted by atomic mass is 16.6. The first-order valence-corrected chi connectivity index (χ1v) is 31.7. The van der Waals surface area contributed by atoms with Gasteiger partial charge in [0.15, 0.2) is 6.10 Å². The maximum atomic E-state index is 12.9. The number of hydrogen-bond donors (Lipinski definition) is 0. The molecule has 0 aliphatic carbocycles. The van der Waals surface area contributed by atoms with Crippen LogP contribution in [0.4, 0.5) is 0 Å². The normalized spacial score (nSPS) is 13.0. The van der Waals surface area contributed by atoms with Crippen molar-refractivity contribution in [2.75, 3.05) is 13.2 Å². The van der Waals surface area contributed by atoms with Gasteiger partial charge in [-0.25, -0.2) is 0 Å². The SMILES string of the molecule is CC/C=C\C/C=C\C/C=C\C/C=C\C/C=C\C/C=C\CCCCCCCCCCCCCCC(=O)OCC(COC(=O)CCCCCCCCCCC)OC(=O)CCCCC/C=C\C/C=C\C/C=C\C/C=C\C/C=C\CC. The third kappa shape index (κ3) is 62.3. The van der Waals surface area contributed by atoms with Crippen molar-refractivity contribution in [3.63, 3.8) is 0 Å². The van der Waals surface area contributed by atoms with Crippen LogP contribution in [-0.4, -0.2) is 37.2 Å². The Balaban J connectivity index is 4.23. The Hall–Kier alpha value is -4.45. The van der Waals surface area contributed by atoms with E-state index in [-0.39, 0.29) is 37.5 Å². The molecule has 0 N–H and O–H groups in total. The molecule has 0 rings (SSSR count). The molecule has 0 amide bonds. The highest BCUT2D eigenvalue weighted by Crippen LogP contribution is 2.15. The lowest BCUT2D eigenvalue weighted by molar-refractivity contribution is -0.167. The van der Waals surface area contributed by atoms with Crippen LogP contribution in [0.2, 0.25) is 0 Å². The van der Waals surface area contributed by atoms with E-state index in [1.807, 2.05) is 0 Å². The lowest BCUT2D eigenvalue weighted by Crippen LogP contribution is -2.30. The Morgan fingerprint density at radius 1 is 0.273 bits per heavy atom. The molecule has 0 radical (unpaired) electrons. The Kier molecular flexibility index (Phi) is 60.4. The van der Waals surface area contributed by atoms with Crippen molar-refractivity contribution in [1.82, 2.24) is 0 Å². The average Bonchev–Trinajstić information content (AvgIpc) is 3.43. The first-order chi connectivity index (χ1) is 38.0. The van der Waals surface area contributed by atoms with E-state index in [4.69, 9.17) is 14.2 Å². The largest absolute Gasteiger partial charge is 0.462 e. The van der Waals surface area contributed by atoms with E-state index in [2.05, 4.69) is 154 Å². The summed E-state index contributed by atoms with van der Waals surface area (Å²) in [6.07, 6.45) is 90.4. The van der Waals surface area contributed by atoms with Crippen molar-refractivity contribution in [3.05, 3.63) is 134 Å². The van der Waals surface area contributed by atoms with E-state index in [1.54, 1.807) is 0 Å². The summed E-state index contributed by atoms with van der Waals surface area (Å²) in [7, 11) is 0. The number of hydrogen-bond acceptors (Lipinski definition) is 6. The van der Waals surface area contributed by atoms with E-state index in [9.17, 15) is 14.4 Å². The van der Waals surface area contributed by atoms with Gasteiger partial charge in [0.2, 0.25) is 0 Å². The molecule has 1 unspecified atom stereocenters. The zero-order valence-corrected chi connectivity index (χ0v) is 49.9. The lowest BCUT2D eigenvalue weighted by atomic mass is 10.0. The van der Waals surface area contributed by atoms with E-state index < -0.39 is 6.10 Å². The van der Waals surface area contributed by atoms with Gasteiger partial charge in [-0.15, -0.1) is 0 Å². The van der Waals surface area contributed by atoms with Gasteiger partial charge in [0.25, 0.3) is 0 Å². The molecule has 0 aromatic rings. The molecule has 0 aromatic heterocycles.